The molecule has 0 bridgehead atoms. The lowest BCUT2D eigenvalue weighted by molar-refractivity contribution is -0.117. The molecule has 3 aromatic rings. The van der Waals surface area contributed by atoms with Gasteiger partial charge in [-0.25, -0.2) is 13.1 Å². The fourth-order valence-electron chi connectivity index (χ4n) is 3.35. The van der Waals surface area contributed by atoms with Gasteiger partial charge < -0.3 is 14.7 Å². The van der Waals surface area contributed by atoms with Crippen LogP contribution in [0, 0.1) is 13.8 Å². The first kappa shape index (κ1) is 21.6. The summed E-state index contributed by atoms with van der Waals surface area (Å²) in [6, 6.07) is 12.6. The average Bonchev–Trinajstić information content (AvgIpc) is 3.34. The number of aromatic nitrogens is 1. The molecule has 1 fully saturated rings. The normalized spacial score (nSPS) is 13.9. The molecule has 0 unspecified atom stereocenters. The minimum Gasteiger partial charge on any atom is -0.337 e. The number of hydrogen-bond donors (Lipinski definition) is 2. The standard InChI is InChI=1S/C22H22N4O5S/c1-14-15(2)24-31-22(14)25-32(29,30)19-10-8-17(9-11-19)23-21(28)16-5-3-6-18(13-16)26-12-4-7-20(26)27/h3,5-6,8-11,13,25H,4,7,12H2,1-2H3,(H,23,28). The second kappa shape index (κ2) is 8.46. The topological polar surface area (TPSA) is 122 Å². The predicted molar refractivity (Wildman–Crippen MR) is 119 cm³/mol. The van der Waals surface area contributed by atoms with Crippen molar-refractivity contribution < 1.29 is 22.5 Å². The summed E-state index contributed by atoms with van der Waals surface area (Å²) in [6.07, 6.45) is 1.31. The van der Waals surface area contributed by atoms with E-state index in [9.17, 15) is 18.0 Å². The van der Waals surface area contributed by atoms with Gasteiger partial charge in [0.1, 0.15) is 0 Å². The molecule has 4 rings (SSSR count). The molecule has 1 aromatic heterocycles. The summed E-state index contributed by atoms with van der Waals surface area (Å²) in [4.78, 5) is 26.3. The number of aryl methyl sites for hydroxylation is 1. The van der Waals surface area contributed by atoms with E-state index in [0.717, 1.165) is 6.42 Å². The first-order valence-corrected chi connectivity index (χ1v) is 11.5. The maximum Gasteiger partial charge on any atom is 0.264 e. The zero-order valence-electron chi connectivity index (χ0n) is 17.6. The van der Waals surface area contributed by atoms with Gasteiger partial charge in [0, 0.05) is 35.5 Å². The molecule has 2 aromatic carbocycles. The lowest BCUT2D eigenvalue weighted by Crippen LogP contribution is -2.24. The summed E-state index contributed by atoms with van der Waals surface area (Å²) in [5.41, 5.74) is 2.72. The predicted octanol–water partition coefficient (Wildman–Crippen LogP) is 3.47. The van der Waals surface area contributed by atoms with Gasteiger partial charge in [-0.3, -0.25) is 9.59 Å². The van der Waals surface area contributed by atoms with E-state index >= 15 is 0 Å². The summed E-state index contributed by atoms with van der Waals surface area (Å²) >= 11 is 0. The van der Waals surface area contributed by atoms with E-state index in [1.54, 1.807) is 43.0 Å². The van der Waals surface area contributed by atoms with Crippen molar-refractivity contribution in [2.45, 2.75) is 31.6 Å². The Morgan fingerprint density at radius 3 is 2.50 bits per heavy atom. The molecule has 0 saturated carbocycles. The van der Waals surface area contributed by atoms with Gasteiger partial charge in [-0.2, -0.15) is 0 Å². The van der Waals surface area contributed by atoms with Crippen LogP contribution < -0.4 is 14.9 Å². The number of nitrogens with zero attached hydrogens (tertiary/aromatic N) is 2. The average molecular weight is 455 g/mol. The molecular weight excluding hydrogens is 432 g/mol. The van der Waals surface area contributed by atoms with E-state index in [0.29, 0.717) is 41.2 Å². The number of benzene rings is 2. The van der Waals surface area contributed by atoms with Crippen molar-refractivity contribution >= 4 is 39.1 Å². The number of rotatable bonds is 6. The second-order valence-corrected chi connectivity index (χ2v) is 9.19. The largest absolute Gasteiger partial charge is 0.337 e. The number of sulfonamides is 1. The maximum absolute atomic E-state index is 12.7. The molecule has 2 N–H and O–H groups in total. The summed E-state index contributed by atoms with van der Waals surface area (Å²) in [6.45, 7) is 4.06. The van der Waals surface area contributed by atoms with Crippen LogP contribution >= 0.6 is 0 Å². The molecule has 1 aliphatic rings. The van der Waals surface area contributed by atoms with Gasteiger partial charge in [-0.15, -0.1) is 0 Å². The lowest BCUT2D eigenvalue weighted by atomic mass is 10.1. The van der Waals surface area contributed by atoms with Crippen LogP contribution in [0.2, 0.25) is 0 Å². The van der Waals surface area contributed by atoms with Crippen LogP contribution in [-0.4, -0.2) is 31.9 Å². The molecule has 1 aliphatic heterocycles. The first-order chi connectivity index (χ1) is 15.2. The van der Waals surface area contributed by atoms with Crippen molar-refractivity contribution in [1.82, 2.24) is 5.16 Å². The quantitative estimate of drug-likeness (QED) is 0.588. The highest BCUT2D eigenvalue weighted by Crippen LogP contribution is 2.24. The monoisotopic (exact) mass is 454 g/mol. The fraction of sp³-hybridized carbons (Fsp3) is 0.227. The van der Waals surface area contributed by atoms with E-state index in [2.05, 4.69) is 15.2 Å². The highest BCUT2D eigenvalue weighted by Gasteiger charge is 2.22. The molecule has 0 spiro atoms. The molecule has 2 heterocycles. The van der Waals surface area contributed by atoms with Crippen LogP contribution in [-0.2, 0) is 14.8 Å². The van der Waals surface area contributed by atoms with Crippen molar-refractivity contribution in [3.63, 3.8) is 0 Å². The fourth-order valence-corrected chi connectivity index (χ4v) is 4.40. The second-order valence-electron chi connectivity index (χ2n) is 7.51. The van der Waals surface area contributed by atoms with Gasteiger partial charge in [-0.05, 0) is 62.7 Å². The Balaban J connectivity index is 1.46. The van der Waals surface area contributed by atoms with Crippen molar-refractivity contribution in [3.8, 4) is 0 Å². The smallest absolute Gasteiger partial charge is 0.264 e. The number of nitrogens with one attached hydrogen (secondary N) is 2. The molecule has 0 radical (unpaired) electrons. The summed E-state index contributed by atoms with van der Waals surface area (Å²) in [5, 5.41) is 6.48. The van der Waals surface area contributed by atoms with Gasteiger partial charge in [0.15, 0.2) is 0 Å². The molecule has 1 saturated heterocycles. The number of carbonyl (C=O) groups is 2. The van der Waals surface area contributed by atoms with Gasteiger partial charge in [0.2, 0.25) is 11.8 Å². The zero-order chi connectivity index (χ0) is 22.9. The van der Waals surface area contributed by atoms with E-state index in [4.69, 9.17) is 4.52 Å². The zero-order valence-corrected chi connectivity index (χ0v) is 18.4. The Bertz CT molecular complexity index is 1280. The van der Waals surface area contributed by atoms with E-state index in [1.807, 2.05) is 0 Å². The summed E-state index contributed by atoms with van der Waals surface area (Å²) < 4.78 is 32.6. The maximum atomic E-state index is 12.7. The van der Waals surface area contributed by atoms with Gasteiger partial charge in [0.05, 0.1) is 10.6 Å². The van der Waals surface area contributed by atoms with Crippen LogP contribution in [0.4, 0.5) is 17.3 Å². The number of hydrogen-bond acceptors (Lipinski definition) is 6. The summed E-state index contributed by atoms with van der Waals surface area (Å²) in [7, 11) is -3.87. The van der Waals surface area contributed by atoms with Gasteiger partial charge in [0.25, 0.3) is 15.9 Å². The molecule has 32 heavy (non-hydrogen) atoms. The lowest BCUT2D eigenvalue weighted by Gasteiger charge is -2.16. The van der Waals surface area contributed by atoms with E-state index < -0.39 is 10.0 Å². The third-order valence-corrected chi connectivity index (χ3v) is 6.65. The molecule has 0 aliphatic carbocycles. The van der Waals surface area contributed by atoms with Crippen molar-refractivity contribution in [3.05, 3.63) is 65.4 Å². The minimum absolute atomic E-state index is 0.0125. The Kier molecular flexibility index (Phi) is 5.70. The SMILES string of the molecule is Cc1noc(NS(=O)(=O)c2ccc(NC(=O)c3cccc(N4CCCC4=O)c3)cc2)c1C. The van der Waals surface area contributed by atoms with Crippen molar-refractivity contribution in [2.24, 2.45) is 0 Å². The van der Waals surface area contributed by atoms with Crippen LogP contribution in [0.3, 0.4) is 0 Å². The molecule has 0 atom stereocenters. The van der Waals surface area contributed by atoms with Crippen LogP contribution in [0.25, 0.3) is 0 Å². The first-order valence-electron chi connectivity index (χ1n) is 10.0. The third kappa shape index (κ3) is 4.35. The van der Waals surface area contributed by atoms with Crippen LogP contribution in [0.1, 0.15) is 34.5 Å². The third-order valence-electron chi connectivity index (χ3n) is 5.30. The van der Waals surface area contributed by atoms with Crippen LogP contribution in [0.5, 0.6) is 0 Å². The summed E-state index contributed by atoms with van der Waals surface area (Å²) in [5.74, 6) is -0.250. The number of carbonyl (C=O) groups excluding carboxylic acids is 2. The van der Waals surface area contributed by atoms with Crippen molar-refractivity contribution in [2.75, 3.05) is 21.5 Å². The molecule has 2 amide bonds. The van der Waals surface area contributed by atoms with Crippen molar-refractivity contribution in [1.29, 1.82) is 0 Å². The highest BCUT2D eigenvalue weighted by atomic mass is 32.2. The molecular formula is C22H22N4O5S. The van der Waals surface area contributed by atoms with Gasteiger partial charge >= 0.3 is 0 Å². The Labute approximate surface area is 185 Å². The van der Waals surface area contributed by atoms with Gasteiger partial charge in [-0.1, -0.05) is 11.2 Å². The highest BCUT2D eigenvalue weighted by molar-refractivity contribution is 7.92. The number of amides is 2. The molecule has 10 heteroatoms. The minimum atomic E-state index is -3.87. The molecule has 9 nitrogen and oxygen atoms in total. The Morgan fingerprint density at radius 2 is 1.88 bits per heavy atom. The van der Waals surface area contributed by atoms with Crippen LogP contribution in [0.15, 0.2) is 57.9 Å². The Morgan fingerprint density at radius 1 is 1.12 bits per heavy atom. The van der Waals surface area contributed by atoms with E-state index in [-0.39, 0.29) is 22.6 Å². The number of anilines is 3. The van der Waals surface area contributed by atoms with E-state index in [1.165, 1.54) is 24.3 Å². The molecule has 166 valence electrons. The Hall–Kier alpha value is -3.66.